The van der Waals surface area contributed by atoms with Crippen LogP contribution in [-0.2, 0) is 13.6 Å². The summed E-state index contributed by atoms with van der Waals surface area (Å²) in [5.74, 6) is 1.26. The van der Waals surface area contributed by atoms with Crippen LogP contribution in [0.3, 0.4) is 0 Å². The molecule has 124 valence electrons. The van der Waals surface area contributed by atoms with Gasteiger partial charge in [-0.15, -0.1) is 0 Å². The Morgan fingerprint density at radius 3 is 2.62 bits per heavy atom. The third-order valence-corrected chi connectivity index (χ3v) is 5.44. The van der Waals surface area contributed by atoms with Gasteiger partial charge in [0.15, 0.2) is 5.52 Å². The molecule has 1 aliphatic heterocycles. The molecule has 0 spiro atoms. The second kappa shape index (κ2) is 4.82. The number of hydrogen-bond acceptors (Lipinski definition) is 1. The summed E-state index contributed by atoms with van der Waals surface area (Å²) in [5.41, 5.74) is 7.29. The fourth-order valence-electron chi connectivity index (χ4n) is 4.40. The monoisotopic (exact) mass is 337 g/mol. The van der Waals surface area contributed by atoms with Crippen molar-refractivity contribution in [3.63, 3.8) is 0 Å². The van der Waals surface area contributed by atoms with Crippen molar-refractivity contribution in [1.82, 2.24) is 14.1 Å². The van der Waals surface area contributed by atoms with Crippen molar-refractivity contribution in [1.29, 1.82) is 0 Å². The van der Waals surface area contributed by atoms with Crippen molar-refractivity contribution < 1.29 is 4.57 Å². The van der Waals surface area contributed by atoms with Gasteiger partial charge in [-0.2, -0.15) is 0 Å². The largest absolute Gasteiger partial charge is 0.275 e. The minimum Gasteiger partial charge on any atom is -0.248 e. The Kier molecular flexibility index (Phi) is 2.57. The van der Waals surface area contributed by atoms with Crippen LogP contribution in [0.1, 0.15) is 5.56 Å². The molecule has 4 nitrogen and oxygen atoms in total. The van der Waals surface area contributed by atoms with Crippen molar-refractivity contribution in [3.8, 4) is 17.1 Å². The molecule has 2 aromatic carbocycles. The molecule has 5 aromatic rings. The maximum absolute atomic E-state index is 4.72. The highest BCUT2D eigenvalue weighted by molar-refractivity contribution is 6.04. The number of rotatable bonds is 1. The lowest BCUT2D eigenvalue weighted by molar-refractivity contribution is -0.636. The number of imidazole rings is 1. The maximum Gasteiger partial charge on any atom is 0.275 e. The Morgan fingerprint density at radius 1 is 0.923 bits per heavy atom. The van der Waals surface area contributed by atoms with Crippen molar-refractivity contribution >= 4 is 22.2 Å². The summed E-state index contributed by atoms with van der Waals surface area (Å²) in [6, 6.07) is 23.4. The van der Waals surface area contributed by atoms with Gasteiger partial charge in [-0.05, 0) is 35.9 Å². The first-order chi connectivity index (χ1) is 12.8. The van der Waals surface area contributed by atoms with E-state index in [0.29, 0.717) is 0 Å². The molecule has 0 saturated carbocycles. The Morgan fingerprint density at radius 2 is 1.73 bits per heavy atom. The molecule has 1 aliphatic rings. The van der Waals surface area contributed by atoms with E-state index >= 15 is 0 Å². The maximum atomic E-state index is 4.72. The van der Waals surface area contributed by atoms with E-state index in [1.165, 1.54) is 33.5 Å². The number of aryl methyl sites for hydroxylation is 1. The molecule has 3 aromatic heterocycles. The van der Waals surface area contributed by atoms with Gasteiger partial charge in [0.25, 0.3) is 5.65 Å². The molecule has 4 heteroatoms. The van der Waals surface area contributed by atoms with Gasteiger partial charge in [0.2, 0.25) is 11.5 Å². The third-order valence-electron chi connectivity index (χ3n) is 5.44. The van der Waals surface area contributed by atoms with E-state index in [4.69, 9.17) is 4.98 Å². The van der Waals surface area contributed by atoms with Crippen LogP contribution in [-0.4, -0.2) is 14.1 Å². The molecule has 6 rings (SSSR count). The van der Waals surface area contributed by atoms with Gasteiger partial charge in [0.1, 0.15) is 5.69 Å². The molecule has 0 amide bonds. The summed E-state index contributed by atoms with van der Waals surface area (Å²) < 4.78 is 7.03. The normalized spacial score (nSPS) is 12.7. The zero-order valence-corrected chi connectivity index (χ0v) is 14.4. The molecule has 0 aliphatic carbocycles. The Bertz CT molecular complexity index is 1310. The highest BCUT2D eigenvalue weighted by Crippen LogP contribution is 2.37. The standard InChI is InChI=1S/C22H17N4/c1-24-21-17-11-6-5-8-15(17)14-25(21)19-18-12-7-13-23-20(18)26(22(19)24)16-9-3-2-4-10-16/h2-13H,14H2,1H3/q+1. The summed E-state index contributed by atoms with van der Waals surface area (Å²) in [6.45, 7) is 0.908. The van der Waals surface area contributed by atoms with Crippen molar-refractivity contribution in [2.75, 3.05) is 0 Å². The lowest BCUT2D eigenvalue weighted by atomic mass is 10.1. The van der Waals surface area contributed by atoms with Gasteiger partial charge in [0, 0.05) is 6.20 Å². The summed E-state index contributed by atoms with van der Waals surface area (Å²) in [5, 5.41) is 1.20. The predicted octanol–water partition coefficient (Wildman–Crippen LogP) is 3.83. The van der Waals surface area contributed by atoms with E-state index in [9.17, 15) is 0 Å². The molecule has 0 bridgehead atoms. The van der Waals surface area contributed by atoms with E-state index < -0.39 is 0 Å². The van der Waals surface area contributed by atoms with E-state index in [1.54, 1.807) is 0 Å². The molecular weight excluding hydrogens is 320 g/mol. The second-order valence-electron chi connectivity index (χ2n) is 6.84. The van der Waals surface area contributed by atoms with E-state index in [0.717, 1.165) is 17.9 Å². The minimum atomic E-state index is 0.908. The molecule has 0 N–H and O–H groups in total. The van der Waals surface area contributed by atoms with Gasteiger partial charge < -0.3 is 0 Å². The first kappa shape index (κ1) is 13.8. The van der Waals surface area contributed by atoms with Crippen LogP contribution in [0.2, 0.25) is 0 Å². The number of nitrogens with zero attached hydrogens (tertiary/aromatic N) is 4. The van der Waals surface area contributed by atoms with Gasteiger partial charge in [-0.3, -0.25) is 0 Å². The summed E-state index contributed by atoms with van der Waals surface area (Å²) in [7, 11) is 2.16. The van der Waals surface area contributed by atoms with E-state index in [1.807, 2.05) is 12.3 Å². The number of fused-ring (bicyclic) bond motifs is 7. The van der Waals surface area contributed by atoms with Crippen LogP contribution >= 0.6 is 0 Å². The lowest BCUT2D eigenvalue weighted by Gasteiger charge is -2.03. The lowest BCUT2D eigenvalue weighted by Crippen LogP contribution is -2.31. The van der Waals surface area contributed by atoms with Gasteiger partial charge in [-0.1, -0.05) is 36.4 Å². The zero-order chi connectivity index (χ0) is 17.3. The van der Waals surface area contributed by atoms with Crippen LogP contribution in [0.15, 0.2) is 72.9 Å². The van der Waals surface area contributed by atoms with Crippen LogP contribution in [0.4, 0.5) is 0 Å². The third kappa shape index (κ3) is 1.59. The predicted molar refractivity (Wildman–Crippen MR) is 102 cm³/mol. The van der Waals surface area contributed by atoms with Crippen LogP contribution in [0.5, 0.6) is 0 Å². The topological polar surface area (TPSA) is 26.6 Å². The van der Waals surface area contributed by atoms with E-state index in [-0.39, 0.29) is 0 Å². The summed E-state index contributed by atoms with van der Waals surface area (Å²) in [6.07, 6.45) is 1.88. The molecule has 0 atom stereocenters. The number of para-hydroxylation sites is 1. The zero-order valence-electron chi connectivity index (χ0n) is 14.4. The first-order valence-corrected chi connectivity index (χ1v) is 8.86. The summed E-state index contributed by atoms with van der Waals surface area (Å²) >= 11 is 0. The number of hydrogen-bond donors (Lipinski definition) is 0. The highest BCUT2D eigenvalue weighted by atomic mass is 15.3. The fourth-order valence-corrected chi connectivity index (χ4v) is 4.40. The number of aromatic nitrogens is 4. The molecule has 4 heterocycles. The smallest absolute Gasteiger partial charge is 0.248 e. The SMILES string of the molecule is C[n+]1c2n(c3c4cccnc4n(-c4ccccc4)c31)Cc1ccccc1-2. The molecule has 0 radical (unpaired) electrons. The Hall–Kier alpha value is -3.40. The van der Waals surface area contributed by atoms with Gasteiger partial charge >= 0.3 is 0 Å². The first-order valence-electron chi connectivity index (χ1n) is 8.86. The summed E-state index contributed by atoms with van der Waals surface area (Å²) in [4.78, 5) is 4.72. The quantitative estimate of drug-likeness (QED) is 0.419. The van der Waals surface area contributed by atoms with Crippen LogP contribution in [0.25, 0.3) is 39.3 Å². The molecule has 0 unspecified atom stereocenters. The molecule has 0 saturated heterocycles. The van der Waals surface area contributed by atoms with Gasteiger partial charge in [0.05, 0.1) is 24.5 Å². The van der Waals surface area contributed by atoms with Gasteiger partial charge in [-0.25, -0.2) is 18.7 Å². The highest BCUT2D eigenvalue weighted by Gasteiger charge is 2.35. The molecule has 0 fully saturated rings. The molecular formula is C22H17N4+. The van der Waals surface area contributed by atoms with Crippen LogP contribution in [0, 0.1) is 0 Å². The van der Waals surface area contributed by atoms with Crippen molar-refractivity contribution in [3.05, 3.63) is 78.5 Å². The fraction of sp³-hybridized carbons (Fsp3) is 0.0909. The van der Waals surface area contributed by atoms with Crippen LogP contribution < -0.4 is 4.57 Å². The average molecular weight is 337 g/mol. The molecule has 26 heavy (non-hydrogen) atoms. The Balaban J connectivity index is 1.83. The average Bonchev–Trinajstić information content (AvgIpc) is 3.31. The number of benzene rings is 2. The van der Waals surface area contributed by atoms with E-state index in [2.05, 4.69) is 81.4 Å². The minimum absolute atomic E-state index is 0.908. The second-order valence-corrected chi connectivity index (χ2v) is 6.84. The van der Waals surface area contributed by atoms with Crippen molar-refractivity contribution in [2.45, 2.75) is 6.54 Å². The van der Waals surface area contributed by atoms with Crippen molar-refractivity contribution in [2.24, 2.45) is 7.05 Å². The Labute approximate surface area is 150 Å². The number of pyridine rings is 1.